The molecule has 0 bridgehead atoms. The highest BCUT2D eigenvalue weighted by Crippen LogP contribution is 2.41. The fraction of sp³-hybridized carbons (Fsp3) is 0.867. The molecule has 0 aliphatic heterocycles. The van der Waals surface area contributed by atoms with Gasteiger partial charge in [0.05, 0.1) is 7.11 Å². The minimum atomic E-state index is -0.387. The van der Waals surface area contributed by atoms with Gasteiger partial charge in [-0.05, 0) is 37.5 Å². The second kappa shape index (κ2) is 6.35. The van der Waals surface area contributed by atoms with E-state index in [1.807, 2.05) is 0 Å². The average molecular weight is 252 g/mol. The molecule has 2 unspecified atom stereocenters. The van der Waals surface area contributed by atoms with Crippen LogP contribution in [0.4, 0.5) is 0 Å². The molecular formula is C15H24O3. The van der Waals surface area contributed by atoms with Gasteiger partial charge < -0.3 is 4.74 Å². The number of ether oxygens (including phenoxy) is 1. The summed E-state index contributed by atoms with van der Waals surface area (Å²) in [5.41, 5.74) is 0. The maximum atomic E-state index is 12.0. The molecule has 18 heavy (non-hydrogen) atoms. The van der Waals surface area contributed by atoms with Crippen LogP contribution in [0, 0.1) is 17.8 Å². The second-order valence-electron chi connectivity index (χ2n) is 5.88. The fourth-order valence-electron chi connectivity index (χ4n) is 3.70. The number of esters is 1. The number of carbonyl (C=O) groups excluding carboxylic acids is 2. The van der Waals surface area contributed by atoms with Crippen molar-refractivity contribution in [1.29, 1.82) is 0 Å². The Morgan fingerprint density at radius 3 is 2.00 bits per heavy atom. The summed E-state index contributed by atoms with van der Waals surface area (Å²) in [4.78, 5) is 23.2. The van der Waals surface area contributed by atoms with Crippen molar-refractivity contribution in [3.63, 3.8) is 0 Å². The molecule has 0 aromatic rings. The van der Waals surface area contributed by atoms with E-state index in [2.05, 4.69) is 4.74 Å². The Hall–Kier alpha value is -0.860. The zero-order valence-corrected chi connectivity index (χ0v) is 11.3. The lowest BCUT2D eigenvalue weighted by atomic mass is 9.77. The van der Waals surface area contributed by atoms with Gasteiger partial charge in [-0.1, -0.05) is 25.7 Å². The lowest BCUT2D eigenvalue weighted by Crippen LogP contribution is -2.18. The lowest BCUT2D eigenvalue weighted by molar-refractivity contribution is -0.144. The summed E-state index contributed by atoms with van der Waals surface area (Å²) in [7, 11) is 1.34. The van der Waals surface area contributed by atoms with Crippen LogP contribution in [0.3, 0.4) is 0 Å². The topological polar surface area (TPSA) is 43.4 Å². The Kier molecular flexibility index (Phi) is 4.79. The van der Waals surface area contributed by atoms with Gasteiger partial charge in [0, 0.05) is 5.92 Å². The lowest BCUT2D eigenvalue weighted by Gasteiger charge is -2.29. The summed E-state index contributed by atoms with van der Waals surface area (Å²) >= 11 is 0. The number of fused-ring (bicyclic) bond motifs is 1. The van der Waals surface area contributed by atoms with E-state index >= 15 is 0 Å². The minimum absolute atomic E-state index is 0.0313. The van der Waals surface area contributed by atoms with Crippen LogP contribution < -0.4 is 0 Å². The van der Waals surface area contributed by atoms with Crippen molar-refractivity contribution in [2.45, 2.75) is 57.8 Å². The highest BCUT2D eigenvalue weighted by molar-refractivity contribution is 5.96. The monoisotopic (exact) mass is 252 g/mol. The van der Waals surface area contributed by atoms with Crippen LogP contribution in [0.25, 0.3) is 0 Å². The number of rotatable bonds is 3. The van der Waals surface area contributed by atoms with E-state index in [1.54, 1.807) is 0 Å². The SMILES string of the molecule is COC(=O)CC(=O)C1CCC2CCCCC2CC1. The molecule has 0 spiro atoms. The molecule has 0 amide bonds. The normalized spacial score (nSPS) is 32.2. The first kappa shape index (κ1) is 13.6. The molecule has 0 aromatic carbocycles. The van der Waals surface area contributed by atoms with Crippen LogP contribution in [0.15, 0.2) is 0 Å². The van der Waals surface area contributed by atoms with Crippen LogP contribution in [-0.2, 0) is 14.3 Å². The second-order valence-corrected chi connectivity index (χ2v) is 5.88. The predicted molar refractivity (Wildman–Crippen MR) is 69.0 cm³/mol. The fourth-order valence-corrected chi connectivity index (χ4v) is 3.70. The first-order chi connectivity index (χ1) is 8.70. The summed E-state index contributed by atoms with van der Waals surface area (Å²) in [6.45, 7) is 0. The molecule has 2 aliphatic rings. The van der Waals surface area contributed by atoms with Gasteiger partial charge in [0.15, 0.2) is 0 Å². The van der Waals surface area contributed by atoms with E-state index in [4.69, 9.17) is 0 Å². The summed E-state index contributed by atoms with van der Waals surface area (Å²) in [5.74, 6) is 1.50. The molecule has 2 aliphatic carbocycles. The molecule has 0 N–H and O–H groups in total. The highest BCUT2D eigenvalue weighted by Gasteiger charge is 2.32. The standard InChI is InChI=1S/C15H24O3/c1-18-15(17)10-14(16)13-8-6-11-4-2-3-5-12(11)7-9-13/h11-13H,2-10H2,1H3. The van der Waals surface area contributed by atoms with E-state index < -0.39 is 0 Å². The first-order valence-electron chi connectivity index (χ1n) is 7.30. The molecule has 3 nitrogen and oxygen atoms in total. The highest BCUT2D eigenvalue weighted by atomic mass is 16.5. The summed E-state index contributed by atoms with van der Waals surface area (Å²) < 4.78 is 4.58. The molecule has 2 saturated carbocycles. The van der Waals surface area contributed by atoms with Crippen LogP contribution in [0.2, 0.25) is 0 Å². The molecule has 2 atom stereocenters. The number of hydrogen-bond acceptors (Lipinski definition) is 3. The first-order valence-corrected chi connectivity index (χ1v) is 7.30. The van der Waals surface area contributed by atoms with Crippen molar-refractivity contribution in [1.82, 2.24) is 0 Å². The zero-order valence-electron chi connectivity index (χ0n) is 11.3. The van der Waals surface area contributed by atoms with Crippen molar-refractivity contribution in [3.05, 3.63) is 0 Å². The maximum absolute atomic E-state index is 12.0. The van der Waals surface area contributed by atoms with Gasteiger partial charge in [0.2, 0.25) is 0 Å². The van der Waals surface area contributed by atoms with Gasteiger partial charge >= 0.3 is 5.97 Å². The van der Waals surface area contributed by atoms with Crippen LogP contribution >= 0.6 is 0 Å². The van der Waals surface area contributed by atoms with E-state index in [-0.39, 0.29) is 24.1 Å². The van der Waals surface area contributed by atoms with Gasteiger partial charge in [-0.15, -0.1) is 0 Å². The van der Waals surface area contributed by atoms with E-state index in [0.29, 0.717) is 0 Å². The Bertz CT molecular complexity index is 295. The molecular weight excluding hydrogens is 228 g/mol. The summed E-state index contributed by atoms with van der Waals surface area (Å²) in [6.07, 6.45) is 9.73. The van der Waals surface area contributed by atoms with Gasteiger partial charge in [0.1, 0.15) is 12.2 Å². The van der Waals surface area contributed by atoms with Crippen molar-refractivity contribution >= 4 is 11.8 Å². The van der Waals surface area contributed by atoms with Crippen molar-refractivity contribution in [3.8, 4) is 0 Å². The van der Waals surface area contributed by atoms with Gasteiger partial charge in [0.25, 0.3) is 0 Å². The van der Waals surface area contributed by atoms with Gasteiger partial charge in [-0.25, -0.2) is 0 Å². The third-order valence-electron chi connectivity index (χ3n) is 4.84. The van der Waals surface area contributed by atoms with Crippen molar-refractivity contribution in [2.75, 3.05) is 7.11 Å². The molecule has 0 aromatic heterocycles. The Labute approximate surface area is 109 Å². The molecule has 0 saturated heterocycles. The minimum Gasteiger partial charge on any atom is -0.469 e. The third-order valence-corrected chi connectivity index (χ3v) is 4.84. The molecule has 0 radical (unpaired) electrons. The number of hydrogen-bond donors (Lipinski definition) is 0. The maximum Gasteiger partial charge on any atom is 0.313 e. The van der Waals surface area contributed by atoms with E-state index in [1.165, 1.54) is 45.6 Å². The summed E-state index contributed by atoms with van der Waals surface area (Å²) in [5, 5.41) is 0. The molecule has 3 heteroatoms. The molecule has 102 valence electrons. The Morgan fingerprint density at radius 1 is 0.944 bits per heavy atom. The van der Waals surface area contributed by atoms with Gasteiger partial charge in [-0.3, -0.25) is 9.59 Å². The third kappa shape index (κ3) is 3.33. The predicted octanol–water partition coefficient (Wildman–Crippen LogP) is 3.12. The number of carbonyl (C=O) groups is 2. The van der Waals surface area contributed by atoms with Crippen LogP contribution in [-0.4, -0.2) is 18.9 Å². The quantitative estimate of drug-likeness (QED) is 0.572. The number of methoxy groups -OCH3 is 1. The number of Topliss-reactive ketones (excluding diaryl/α,β-unsaturated/α-hetero) is 1. The van der Waals surface area contributed by atoms with Crippen molar-refractivity contribution < 1.29 is 14.3 Å². The Balaban J connectivity index is 1.87. The van der Waals surface area contributed by atoms with Crippen molar-refractivity contribution in [2.24, 2.45) is 17.8 Å². The summed E-state index contributed by atoms with van der Waals surface area (Å²) in [6, 6.07) is 0. The number of ketones is 1. The van der Waals surface area contributed by atoms with Crippen LogP contribution in [0.5, 0.6) is 0 Å². The molecule has 2 rings (SSSR count). The average Bonchev–Trinajstić information content (AvgIpc) is 2.61. The molecule has 2 fully saturated rings. The largest absolute Gasteiger partial charge is 0.469 e. The zero-order chi connectivity index (χ0) is 13.0. The van der Waals surface area contributed by atoms with Gasteiger partial charge in [-0.2, -0.15) is 0 Å². The molecule has 0 heterocycles. The van der Waals surface area contributed by atoms with Crippen LogP contribution in [0.1, 0.15) is 57.8 Å². The van der Waals surface area contributed by atoms with E-state index in [0.717, 1.165) is 24.7 Å². The smallest absolute Gasteiger partial charge is 0.313 e. The Morgan fingerprint density at radius 2 is 1.50 bits per heavy atom. The van der Waals surface area contributed by atoms with E-state index in [9.17, 15) is 9.59 Å².